The van der Waals surface area contributed by atoms with Gasteiger partial charge in [-0.2, -0.15) is 0 Å². The molecule has 0 nitrogen and oxygen atoms in total. The monoisotopic (exact) mass is 418 g/mol. The van der Waals surface area contributed by atoms with E-state index in [0.717, 1.165) is 41.3 Å². The Balaban J connectivity index is 1.49. The number of rotatable bonds is 6. The lowest BCUT2D eigenvalue weighted by molar-refractivity contribution is 0.620. The first kappa shape index (κ1) is 21.6. The maximum atomic E-state index is 15.1. The molecule has 0 saturated carbocycles. The highest BCUT2D eigenvalue weighted by molar-refractivity contribution is 5.85. The Kier molecular flexibility index (Phi) is 6.83. The summed E-state index contributed by atoms with van der Waals surface area (Å²) >= 11 is 0. The molecule has 4 aromatic rings. The van der Waals surface area contributed by atoms with E-state index in [0.29, 0.717) is 11.8 Å². The molecule has 0 amide bonds. The van der Waals surface area contributed by atoms with E-state index in [4.69, 9.17) is 0 Å². The molecule has 0 bridgehead atoms. The van der Waals surface area contributed by atoms with Gasteiger partial charge in [-0.15, -0.1) is 6.58 Å². The molecule has 0 fully saturated rings. The second-order valence-corrected chi connectivity index (χ2v) is 8.23. The average molecular weight is 419 g/mol. The molecular formula is C31H27F. The first-order valence-electron chi connectivity index (χ1n) is 11.1. The normalized spacial score (nSPS) is 10.6. The summed E-state index contributed by atoms with van der Waals surface area (Å²) in [6.07, 6.45) is 5.43. The third-order valence-electron chi connectivity index (χ3n) is 5.78. The molecule has 4 aromatic carbocycles. The van der Waals surface area contributed by atoms with E-state index in [1.807, 2.05) is 48.5 Å². The van der Waals surface area contributed by atoms with E-state index < -0.39 is 0 Å². The van der Waals surface area contributed by atoms with E-state index in [1.165, 1.54) is 16.7 Å². The van der Waals surface area contributed by atoms with Crippen molar-refractivity contribution in [1.29, 1.82) is 0 Å². The van der Waals surface area contributed by atoms with Crippen molar-refractivity contribution in [3.63, 3.8) is 0 Å². The van der Waals surface area contributed by atoms with Crippen LogP contribution in [0.25, 0.3) is 10.8 Å². The summed E-state index contributed by atoms with van der Waals surface area (Å²) in [5.74, 6) is 6.30. The van der Waals surface area contributed by atoms with E-state index >= 15 is 4.39 Å². The highest BCUT2D eigenvalue weighted by Gasteiger charge is 2.08. The molecule has 0 aliphatic heterocycles. The fraction of sp³-hybridized carbons (Fsp3) is 0.161. The second kappa shape index (κ2) is 10.1. The van der Waals surface area contributed by atoms with Crippen molar-refractivity contribution in [2.45, 2.75) is 32.6 Å². The lowest BCUT2D eigenvalue weighted by Crippen LogP contribution is -1.96. The van der Waals surface area contributed by atoms with Crippen LogP contribution < -0.4 is 0 Å². The molecule has 0 heterocycles. The Hall–Kier alpha value is -3.63. The van der Waals surface area contributed by atoms with Gasteiger partial charge < -0.3 is 0 Å². The molecule has 4 rings (SSSR count). The molecule has 0 atom stereocenters. The third-order valence-corrected chi connectivity index (χ3v) is 5.78. The van der Waals surface area contributed by atoms with Crippen LogP contribution in [0.3, 0.4) is 0 Å². The fourth-order valence-electron chi connectivity index (χ4n) is 3.81. The van der Waals surface area contributed by atoms with E-state index in [2.05, 4.69) is 61.7 Å². The topological polar surface area (TPSA) is 0 Å². The summed E-state index contributed by atoms with van der Waals surface area (Å²) in [5, 5.41) is 1.54. The molecule has 0 N–H and O–H groups in total. The molecule has 0 spiro atoms. The van der Waals surface area contributed by atoms with Gasteiger partial charge in [0.25, 0.3) is 0 Å². The van der Waals surface area contributed by atoms with Gasteiger partial charge in [-0.25, -0.2) is 4.39 Å². The number of halogens is 1. The largest absolute Gasteiger partial charge is 0.206 e. The number of allylic oxidation sites excluding steroid dienone is 1. The smallest absolute Gasteiger partial charge is 0.134 e. The lowest BCUT2D eigenvalue weighted by atomic mass is 9.99. The van der Waals surface area contributed by atoms with Crippen molar-refractivity contribution in [3.8, 4) is 11.8 Å². The van der Waals surface area contributed by atoms with Gasteiger partial charge in [-0.1, -0.05) is 78.1 Å². The number of benzene rings is 4. The van der Waals surface area contributed by atoms with Gasteiger partial charge in [-0.05, 0) is 78.9 Å². The van der Waals surface area contributed by atoms with Crippen molar-refractivity contribution in [2.75, 3.05) is 0 Å². The van der Waals surface area contributed by atoms with Crippen LogP contribution in [0, 0.1) is 24.6 Å². The van der Waals surface area contributed by atoms with Gasteiger partial charge >= 0.3 is 0 Å². The molecular weight excluding hydrogens is 391 g/mol. The maximum Gasteiger partial charge on any atom is 0.134 e. The van der Waals surface area contributed by atoms with Crippen molar-refractivity contribution in [1.82, 2.24) is 0 Å². The summed E-state index contributed by atoms with van der Waals surface area (Å²) in [7, 11) is 0. The van der Waals surface area contributed by atoms with Gasteiger partial charge in [0.15, 0.2) is 0 Å². The van der Waals surface area contributed by atoms with Gasteiger partial charge in [0.05, 0.1) is 0 Å². The molecule has 32 heavy (non-hydrogen) atoms. The first-order chi connectivity index (χ1) is 15.6. The SMILES string of the molecule is C=CCCc1ccc(C#Cc2ccc3c(F)c(CCc4ccc(C)cc4)ccc3c2)cc1. The summed E-state index contributed by atoms with van der Waals surface area (Å²) < 4.78 is 15.1. The molecule has 158 valence electrons. The highest BCUT2D eigenvalue weighted by atomic mass is 19.1. The third kappa shape index (κ3) is 5.34. The second-order valence-electron chi connectivity index (χ2n) is 8.23. The standard InChI is InChI=1S/C31H27F/c1-3-4-5-24-10-12-26(13-11-24)14-15-27-17-21-30-29(22-27)20-19-28(31(30)32)18-16-25-8-6-23(2)7-9-25/h3,6-13,17,19-22H,1,4-5,16,18H2,2H3. The number of aryl methyl sites for hydroxylation is 4. The number of hydrogen-bond donors (Lipinski definition) is 0. The zero-order chi connectivity index (χ0) is 22.3. The minimum Gasteiger partial charge on any atom is -0.206 e. The van der Waals surface area contributed by atoms with E-state index in [9.17, 15) is 0 Å². The maximum absolute atomic E-state index is 15.1. The summed E-state index contributed by atoms with van der Waals surface area (Å²) in [5.41, 5.74) is 6.38. The molecule has 0 aliphatic rings. The van der Waals surface area contributed by atoms with Crippen LogP contribution in [0.15, 0.2) is 91.5 Å². The summed E-state index contributed by atoms with van der Waals surface area (Å²) in [6, 6.07) is 26.4. The average Bonchev–Trinajstić information content (AvgIpc) is 2.82. The van der Waals surface area contributed by atoms with Crippen molar-refractivity contribution in [3.05, 3.63) is 131 Å². The van der Waals surface area contributed by atoms with Gasteiger partial charge in [0.1, 0.15) is 5.82 Å². The van der Waals surface area contributed by atoms with Crippen molar-refractivity contribution >= 4 is 10.8 Å². The number of fused-ring (bicyclic) bond motifs is 1. The minimum absolute atomic E-state index is 0.121. The highest BCUT2D eigenvalue weighted by Crippen LogP contribution is 2.23. The van der Waals surface area contributed by atoms with Crippen LogP contribution in [0.1, 0.15) is 39.8 Å². The first-order valence-corrected chi connectivity index (χ1v) is 11.1. The predicted molar refractivity (Wildman–Crippen MR) is 133 cm³/mol. The summed E-state index contributed by atoms with van der Waals surface area (Å²) in [6.45, 7) is 5.84. The Morgan fingerprint density at radius 3 is 2.16 bits per heavy atom. The molecule has 0 unspecified atom stereocenters. The van der Waals surface area contributed by atoms with Crippen LogP contribution in [-0.4, -0.2) is 0 Å². The molecule has 0 saturated heterocycles. The van der Waals surface area contributed by atoms with Gasteiger partial charge in [0.2, 0.25) is 0 Å². The summed E-state index contributed by atoms with van der Waals surface area (Å²) in [4.78, 5) is 0. The van der Waals surface area contributed by atoms with Gasteiger partial charge in [0, 0.05) is 16.5 Å². The molecule has 0 radical (unpaired) electrons. The number of hydrogen-bond acceptors (Lipinski definition) is 0. The Bertz CT molecular complexity index is 1280. The van der Waals surface area contributed by atoms with Crippen LogP contribution in [0.5, 0.6) is 0 Å². The van der Waals surface area contributed by atoms with E-state index in [1.54, 1.807) is 0 Å². The fourth-order valence-corrected chi connectivity index (χ4v) is 3.81. The lowest BCUT2D eigenvalue weighted by Gasteiger charge is -2.08. The van der Waals surface area contributed by atoms with Crippen LogP contribution >= 0.6 is 0 Å². The molecule has 0 aliphatic carbocycles. The Labute approximate surface area is 190 Å². The quantitative estimate of drug-likeness (QED) is 0.223. The van der Waals surface area contributed by atoms with Gasteiger partial charge in [-0.3, -0.25) is 0 Å². The van der Waals surface area contributed by atoms with Crippen molar-refractivity contribution in [2.24, 2.45) is 0 Å². The predicted octanol–water partition coefficient (Wildman–Crippen LogP) is 7.59. The van der Waals surface area contributed by atoms with Crippen LogP contribution in [-0.2, 0) is 19.3 Å². The van der Waals surface area contributed by atoms with Crippen LogP contribution in [0.2, 0.25) is 0 Å². The molecule has 1 heteroatoms. The van der Waals surface area contributed by atoms with Crippen LogP contribution in [0.4, 0.5) is 4.39 Å². The Morgan fingerprint density at radius 2 is 1.41 bits per heavy atom. The minimum atomic E-state index is -0.121. The zero-order valence-corrected chi connectivity index (χ0v) is 18.5. The van der Waals surface area contributed by atoms with Crippen molar-refractivity contribution < 1.29 is 4.39 Å². The molecule has 0 aromatic heterocycles. The Morgan fingerprint density at radius 1 is 0.750 bits per heavy atom. The van der Waals surface area contributed by atoms with E-state index in [-0.39, 0.29) is 5.82 Å². The zero-order valence-electron chi connectivity index (χ0n) is 18.5.